The molecule has 0 amide bonds. The molecule has 0 aromatic rings. The Hall–Kier alpha value is -0.120. The third-order valence-electron chi connectivity index (χ3n) is 2.64. The van der Waals surface area contributed by atoms with Crippen LogP contribution in [0.25, 0.3) is 0 Å². The summed E-state index contributed by atoms with van der Waals surface area (Å²) in [4.78, 5) is 0. The molecule has 0 saturated carbocycles. The van der Waals surface area contributed by atoms with Crippen LogP contribution in [0.15, 0.2) is 0 Å². The fourth-order valence-electron chi connectivity index (χ4n) is 1.63. The first kappa shape index (κ1) is 12.0. The zero-order valence-corrected chi connectivity index (χ0v) is 9.42. The summed E-state index contributed by atoms with van der Waals surface area (Å²) in [5.41, 5.74) is 0. The fraction of sp³-hybridized carbons (Fsp3) is 1.00. The molecule has 1 aliphatic rings. The molecular weight excluding hydrogens is 178 g/mol. The summed E-state index contributed by atoms with van der Waals surface area (Å²) < 4.78 is 10.6. The van der Waals surface area contributed by atoms with Gasteiger partial charge >= 0.3 is 0 Å². The van der Waals surface area contributed by atoms with E-state index in [4.69, 9.17) is 9.47 Å². The lowest BCUT2D eigenvalue weighted by Crippen LogP contribution is -2.36. The molecular formula is C11H23NO2. The van der Waals surface area contributed by atoms with Crippen LogP contribution in [0.2, 0.25) is 0 Å². The molecule has 3 heteroatoms. The zero-order chi connectivity index (χ0) is 10.2. The van der Waals surface area contributed by atoms with Gasteiger partial charge in [0.1, 0.15) is 6.10 Å². The maximum Gasteiger partial charge on any atom is 0.104 e. The molecule has 14 heavy (non-hydrogen) atoms. The maximum atomic E-state index is 5.60. The predicted octanol–water partition coefficient (Wildman–Crippen LogP) is 1.57. The van der Waals surface area contributed by atoms with Crippen molar-refractivity contribution >= 4 is 0 Å². The van der Waals surface area contributed by atoms with E-state index < -0.39 is 0 Å². The Labute approximate surface area is 87.2 Å². The lowest BCUT2D eigenvalue weighted by Gasteiger charge is -2.26. The average Bonchev–Trinajstić information content (AvgIpc) is 2.13. The van der Waals surface area contributed by atoms with Gasteiger partial charge in [-0.25, -0.2) is 0 Å². The van der Waals surface area contributed by atoms with Gasteiger partial charge in [-0.2, -0.15) is 0 Å². The van der Waals surface area contributed by atoms with Crippen LogP contribution >= 0.6 is 0 Å². The summed E-state index contributed by atoms with van der Waals surface area (Å²) in [6, 6.07) is 0.668. The van der Waals surface area contributed by atoms with Crippen molar-refractivity contribution in [1.82, 2.24) is 5.32 Å². The molecule has 1 N–H and O–H groups in total. The molecule has 1 fully saturated rings. The largest absolute Gasteiger partial charge is 0.376 e. The number of hydrogen-bond acceptors (Lipinski definition) is 3. The van der Waals surface area contributed by atoms with Crippen molar-refractivity contribution in [3.05, 3.63) is 0 Å². The topological polar surface area (TPSA) is 30.5 Å². The van der Waals surface area contributed by atoms with E-state index in [1.165, 1.54) is 12.8 Å². The standard InChI is InChI=1S/C11H23NO2/c1-3-10(12-4-2)6-5-7-14-11-8-13-9-11/h10-12H,3-9H2,1-2H3. The molecule has 0 bridgehead atoms. The molecule has 3 nitrogen and oxygen atoms in total. The molecule has 1 heterocycles. The smallest absolute Gasteiger partial charge is 0.104 e. The van der Waals surface area contributed by atoms with E-state index in [1.807, 2.05) is 0 Å². The molecule has 1 unspecified atom stereocenters. The van der Waals surface area contributed by atoms with E-state index in [0.717, 1.165) is 32.8 Å². The highest BCUT2D eigenvalue weighted by Crippen LogP contribution is 2.07. The van der Waals surface area contributed by atoms with Crippen LogP contribution in [0, 0.1) is 0 Å². The summed E-state index contributed by atoms with van der Waals surface area (Å²) in [6.07, 6.45) is 3.97. The highest BCUT2D eigenvalue weighted by atomic mass is 16.6. The highest BCUT2D eigenvalue weighted by Gasteiger charge is 2.18. The van der Waals surface area contributed by atoms with Gasteiger partial charge in [-0.15, -0.1) is 0 Å². The Balaban J connectivity index is 1.89. The first-order valence-corrected chi connectivity index (χ1v) is 5.79. The monoisotopic (exact) mass is 201 g/mol. The zero-order valence-electron chi connectivity index (χ0n) is 9.42. The van der Waals surface area contributed by atoms with Crippen molar-refractivity contribution < 1.29 is 9.47 Å². The summed E-state index contributed by atoms with van der Waals surface area (Å²) in [5, 5.41) is 3.47. The summed E-state index contributed by atoms with van der Waals surface area (Å²) >= 11 is 0. The van der Waals surface area contributed by atoms with E-state index in [-0.39, 0.29) is 0 Å². The molecule has 1 saturated heterocycles. The Morgan fingerprint density at radius 3 is 2.71 bits per heavy atom. The first-order chi connectivity index (χ1) is 6.86. The molecule has 0 aliphatic carbocycles. The first-order valence-electron chi connectivity index (χ1n) is 5.79. The van der Waals surface area contributed by atoms with Gasteiger partial charge in [-0.3, -0.25) is 0 Å². The number of ether oxygens (including phenoxy) is 2. The van der Waals surface area contributed by atoms with E-state index in [9.17, 15) is 0 Å². The van der Waals surface area contributed by atoms with Crippen molar-refractivity contribution in [3.63, 3.8) is 0 Å². The molecule has 0 spiro atoms. The Bertz CT molecular complexity index is 137. The van der Waals surface area contributed by atoms with Crippen molar-refractivity contribution in [1.29, 1.82) is 0 Å². The number of nitrogens with one attached hydrogen (secondary N) is 1. The minimum absolute atomic E-state index is 0.384. The van der Waals surface area contributed by atoms with E-state index in [1.54, 1.807) is 0 Å². The van der Waals surface area contributed by atoms with Crippen molar-refractivity contribution in [2.75, 3.05) is 26.4 Å². The molecule has 1 rings (SSSR count). The average molecular weight is 201 g/mol. The Kier molecular flexibility index (Phi) is 6.15. The second kappa shape index (κ2) is 7.21. The molecule has 1 atom stereocenters. The molecule has 1 aliphatic heterocycles. The molecule has 0 aromatic heterocycles. The predicted molar refractivity (Wildman–Crippen MR) is 57.5 cm³/mol. The van der Waals surface area contributed by atoms with Gasteiger partial charge in [0.15, 0.2) is 0 Å². The summed E-state index contributed by atoms with van der Waals surface area (Å²) in [5.74, 6) is 0. The Morgan fingerprint density at radius 1 is 1.43 bits per heavy atom. The van der Waals surface area contributed by atoms with Crippen molar-refractivity contribution in [2.24, 2.45) is 0 Å². The van der Waals surface area contributed by atoms with E-state index in [2.05, 4.69) is 19.2 Å². The van der Waals surface area contributed by atoms with Crippen molar-refractivity contribution in [2.45, 2.75) is 45.3 Å². The second-order valence-corrected chi connectivity index (χ2v) is 3.84. The lowest BCUT2D eigenvalue weighted by molar-refractivity contribution is -0.130. The van der Waals surface area contributed by atoms with E-state index in [0.29, 0.717) is 12.1 Å². The van der Waals surface area contributed by atoms with Gasteiger partial charge in [0.25, 0.3) is 0 Å². The molecule has 0 radical (unpaired) electrons. The summed E-state index contributed by atoms with van der Waals surface area (Å²) in [7, 11) is 0. The van der Waals surface area contributed by atoms with Crippen LogP contribution in [-0.4, -0.2) is 38.5 Å². The van der Waals surface area contributed by atoms with Gasteiger partial charge in [0.05, 0.1) is 13.2 Å². The Morgan fingerprint density at radius 2 is 2.21 bits per heavy atom. The van der Waals surface area contributed by atoms with Crippen LogP contribution < -0.4 is 5.32 Å². The van der Waals surface area contributed by atoms with Crippen LogP contribution in [0.4, 0.5) is 0 Å². The van der Waals surface area contributed by atoms with Crippen molar-refractivity contribution in [3.8, 4) is 0 Å². The third kappa shape index (κ3) is 4.40. The fourth-order valence-corrected chi connectivity index (χ4v) is 1.63. The normalized spacial score (nSPS) is 19.3. The lowest BCUT2D eigenvalue weighted by atomic mass is 10.1. The summed E-state index contributed by atoms with van der Waals surface area (Å²) in [6.45, 7) is 7.93. The van der Waals surface area contributed by atoms with Gasteiger partial charge in [0, 0.05) is 12.6 Å². The minimum Gasteiger partial charge on any atom is -0.376 e. The quantitative estimate of drug-likeness (QED) is 0.605. The minimum atomic E-state index is 0.384. The van der Waals surface area contributed by atoms with Gasteiger partial charge < -0.3 is 14.8 Å². The second-order valence-electron chi connectivity index (χ2n) is 3.84. The molecule has 84 valence electrons. The van der Waals surface area contributed by atoms with Gasteiger partial charge in [-0.05, 0) is 25.8 Å². The van der Waals surface area contributed by atoms with Crippen LogP contribution in [0.3, 0.4) is 0 Å². The van der Waals surface area contributed by atoms with Gasteiger partial charge in [-0.1, -0.05) is 13.8 Å². The number of hydrogen-bond donors (Lipinski definition) is 1. The molecule has 0 aromatic carbocycles. The van der Waals surface area contributed by atoms with Crippen LogP contribution in [0.5, 0.6) is 0 Å². The van der Waals surface area contributed by atoms with Crippen LogP contribution in [0.1, 0.15) is 33.1 Å². The van der Waals surface area contributed by atoms with Crippen LogP contribution in [-0.2, 0) is 9.47 Å². The van der Waals surface area contributed by atoms with E-state index >= 15 is 0 Å². The number of rotatable bonds is 8. The highest BCUT2D eigenvalue weighted by molar-refractivity contribution is 4.66. The van der Waals surface area contributed by atoms with Gasteiger partial charge in [0.2, 0.25) is 0 Å². The third-order valence-corrected chi connectivity index (χ3v) is 2.64. The SMILES string of the molecule is CCNC(CC)CCCOC1COC1. The maximum absolute atomic E-state index is 5.60.